The number of carbonyl (C=O) groups is 1. The largest absolute Gasteiger partial charge is 0.395 e. The fourth-order valence-electron chi connectivity index (χ4n) is 5.33. The molecule has 1 atom stereocenters. The van der Waals surface area contributed by atoms with Crippen molar-refractivity contribution in [2.45, 2.75) is 32.5 Å². The van der Waals surface area contributed by atoms with Gasteiger partial charge in [-0.25, -0.2) is 4.98 Å². The molecule has 10 heteroatoms. The highest BCUT2D eigenvalue weighted by Crippen LogP contribution is 2.31. The summed E-state index contributed by atoms with van der Waals surface area (Å²) in [7, 11) is 0. The molecule has 0 amide bonds. The number of fused-ring (bicyclic) bond motifs is 1. The summed E-state index contributed by atoms with van der Waals surface area (Å²) < 4.78 is 2.15. The Morgan fingerprint density at radius 3 is 2.30 bits per heavy atom. The third-order valence-corrected chi connectivity index (χ3v) is 8.26. The molecule has 0 bridgehead atoms. The van der Waals surface area contributed by atoms with Crippen molar-refractivity contribution in [1.82, 2.24) is 19.9 Å². The Bertz CT molecular complexity index is 1700. The summed E-state index contributed by atoms with van der Waals surface area (Å²) >= 11 is 12.6. The van der Waals surface area contributed by atoms with Gasteiger partial charge in [-0.3, -0.25) is 9.78 Å². The van der Waals surface area contributed by atoms with Crippen LogP contribution in [-0.4, -0.2) is 56.8 Å². The van der Waals surface area contributed by atoms with Gasteiger partial charge in [0.15, 0.2) is 0 Å². The Kier molecular flexibility index (Phi) is 10.6. The molecule has 0 fully saturated rings. The van der Waals surface area contributed by atoms with E-state index >= 15 is 0 Å². The van der Waals surface area contributed by atoms with Crippen LogP contribution < -0.4 is 10.2 Å². The van der Waals surface area contributed by atoms with Crippen molar-refractivity contribution < 1.29 is 15.0 Å². The first-order valence-corrected chi connectivity index (χ1v) is 15.2. The van der Waals surface area contributed by atoms with Gasteiger partial charge in [-0.1, -0.05) is 35.3 Å². The molecule has 0 saturated heterocycles. The number of halogens is 2. The van der Waals surface area contributed by atoms with Gasteiger partial charge in [0.1, 0.15) is 11.6 Å². The standard InChI is InChI=1S/C34H35Cl2N5O3/c1-23(44)18-31(38-21-24-10-12-37-13-11-24)27-5-9-33-32(20-27)39-34(41(33)22-25-2-8-29(35)30(36)19-25)26-3-6-28(7-4-26)40(14-16-42)15-17-43/h2-13,19-20,31,38,42-43H,14-18,21-22H2,1H3. The molecule has 0 saturated carbocycles. The van der Waals surface area contributed by atoms with E-state index in [1.165, 1.54) is 0 Å². The number of hydrogen-bond acceptors (Lipinski definition) is 7. The molecule has 0 radical (unpaired) electrons. The second-order valence-electron chi connectivity index (χ2n) is 10.7. The van der Waals surface area contributed by atoms with Crippen LogP contribution in [0.15, 0.2) is 85.2 Å². The lowest BCUT2D eigenvalue weighted by atomic mass is 10.0. The summed E-state index contributed by atoms with van der Waals surface area (Å²) in [5.41, 5.74) is 6.61. The fraction of sp³-hybridized carbons (Fsp3) is 0.265. The molecule has 5 rings (SSSR count). The highest BCUT2D eigenvalue weighted by molar-refractivity contribution is 6.42. The van der Waals surface area contributed by atoms with E-state index in [2.05, 4.69) is 33.1 Å². The number of ketones is 1. The Hall–Kier alpha value is -3.79. The molecule has 3 aromatic carbocycles. The summed E-state index contributed by atoms with van der Waals surface area (Å²) in [6.45, 7) is 3.56. The summed E-state index contributed by atoms with van der Waals surface area (Å²) in [6.07, 6.45) is 3.87. The zero-order valence-electron chi connectivity index (χ0n) is 24.5. The predicted molar refractivity (Wildman–Crippen MR) is 176 cm³/mol. The highest BCUT2D eigenvalue weighted by atomic mass is 35.5. The molecule has 2 heterocycles. The van der Waals surface area contributed by atoms with Gasteiger partial charge in [0, 0.05) is 62.3 Å². The monoisotopic (exact) mass is 631 g/mol. The molecule has 8 nitrogen and oxygen atoms in total. The van der Waals surface area contributed by atoms with E-state index in [4.69, 9.17) is 28.2 Å². The lowest BCUT2D eigenvalue weighted by molar-refractivity contribution is -0.117. The van der Waals surface area contributed by atoms with Gasteiger partial charge in [0.2, 0.25) is 0 Å². The lowest BCUT2D eigenvalue weighted by Crippen LogP contribution is -2.29. The van der Waals surface area contributed by atoms with Crippen molar-refractivity contribution in [2.75, 3.05) is 31.2 Å². The van der Waals surface area contributed by atoms with E-state index in [-0.39, 0.29) is 25.0 Å². The number of nitrogens with zero attached hydrogens (tertiary/aromatic N) is 4. The van der Waals surface area contributed by atoms with Crippen molar-refractivity contribution in [3.63, 3.8) is 0 Å². The van der Waals surface area contributed by atoms with Crippen molar-refractivity contribution >= 4 is 45.7 Å². The molecule has 0 aliphatic heterocycles. The fourth-order valence-corrected chi connectivity index (χ4v) is 5.65. The number of hydrogen-bond donors (Lipinski definition) is 3. The number of imidazole rings is 1. The van der Waals surface area contributed by atoms with Crippen molar-refractivity contribution in [3.05, 3.63) is 112 Å². The third-order valence-electron chi connectivity index (χ3n) is 7.52. The Labute approximate surface area is 266 Å². The number of nitrogens with one attached hydrogen (secondary N) is 1. The zero-order chi connectivity index (χ0) is 31.1. The lowest BCUT2D eigenvalue weighted by Gasteiger charge is -2.23. The highest BCUT2D eigenvalue weighted by Gasteiger charge is 2.19. The third kappa shape index (κ3) is 7.64. The maximum absolute atomic E-state index is 12.2. The van der Waals surface area contributed by atoms with E-state index < -0.39 is 0 Å². The normalized spacial score (nSPS) is 12.0. The van der Waals surface area contributed by atoms with Gasteiger partial charge in [0.05, 0.1) is 34.3 Å². The molecule has 0 aliphatic rings. The quantitative estimate of drug-likeness (QED) is 0.137. The predicted octanol–water partition coefficient (Wildman–Crippen LogP) is 6.05. The van der Waals surface area contributed by atoms with E-state index in [0.717, 1.165) is 44.8 Å². The van der Waals surface area contributed by atoms with Crippen LogP contribution in [0.2, 0.25) is 10.0 Å². The molecule has 3 N–H and O–H groups in total. The average Bonchev–Trinajstić information content (AvgIpc) is 3.38. The average molecular weight is 633 g/mol. The molecule has 0 aliphatic carbocycles. The second-order valence-corrected chi connectivity index (χ2v) is 11.5. The SMILES string of the molecule is CC(=O)CC(NCc1ccncc1)c1ccc2c(c1)nc(-c1ccc(N(CCO)CCO)cc1)n2Cc1ccc(Cl)c(Cl)c1. The number of anilines is 1. The van der Waals surface area contributed by atoms with Crippen LogP contribution in [0.1, 0.15) is 36.1 Å². The van der Waals surface area contributed by atoms with Crippen LogP contribution in [0.4, 0.5) is 5.69 Å². The van der Waals surface area contributed by atoms with Crippen LogP contribution >= 0.6 is 23.2 Å². The molecule has 228 valence electrons. The number of aliphatic hydroxyl groups excluding tert-OH is 2. The number of aromatic nitrogens is 3. The molecule has 1 unspecified atom stereocenters. The summed E-state index contributed by atoms with van der Waals surface area (Å²) in [5.74, 6) is 0.873. The number of pyridine rings is 1. The first-order valence-electron chi connectivity index (χ1n) is 14.5. The maximum atomic E-state index is 12.2. The Balaban J connectivity index is 1.54. The van der Waals surface area contributed by atoms with Gasteiger partial charge in [-0.05, 0) is 84.3 Å². The van der Waals surface area contributed by atoms with Crippen LogP contribution in [0, 0.1) is 0 Å². The van der Waals surface area contributed by atoms with Crippen molar-refractivity contribution in [2.24, 2.45) is 0 Å². The number of rotatable bonds is 14. The number of benzene rings is 3. The van der Waals surface area contributed by atoms with Crippen LogP contribution in [0.25, 0.3) is 22.4 Å². The number of carbonyl (C=O) groups excluding carboxylic acids is 1. The van der Waals surface area contributed by atoms with Gasteiger partial charge in [-0.2, -0.15) is 0 Å². The number of aliphatic hydroxyl groups is 2. The summed E-state index contributed by atoms with van der Waals surface area (Å²) in [5, 5.41) is 23.5. The summed E-state index contributed by atoms with van der Waals surface area (Å²) in [4.78, 5) is 23.4. The van der Waals surface area contributed by atoms with Crippen LogP contribution in [0.3, 0.4) is 0 Å². The van der Waals surface area contributed by atoms with E-state index in [1.54, 1.807) is 25.4 Å². The van der Waals surface area contributed by atoms with E-state index in [1.807, 2.05) is 53.4 Å². The first kappa shape index (κ1) is 31.6. The number of Topliss-reactive ketones (excluding diaryl/α,β-unsaturated/α-hetero) is 1. The molecular weight excluding hydrogens is 597 g/mol. The van der Waals surface area contributed by atoms with Gasteiger partial charge < -0.3 is 25.0 Å². The zero-order valence-corrected chi connectivity index (χ0v) is 26.0. The Morgan fingerprint density at radius 2 is 1.64 bits per heavy atom. The van der Waals surface area contributed by atoms with E-state index in [9.17, 15) is 15.0 Å². The minimum atomic E-state index is -0.183. The molecule has 44 heavy (non-hydrogen) atoms. The molecule has 5 aromatic rings. The smallest absolute Gasteiger partial charge is 0.141 e. The van der Waals surface area contributed by atoms with Crippen LogP contribution in [-0.2, 0) is 17.9 Å². The van der Waals surface area contributed by atoms with Gasteiger partial charge >= 0.3 is 0 Å². The van der Waals surface area contributed by atoms with Crippen LogP contribution in [0.5, 0.6) is 0 Å². The van der Waals surface area contributed by atoms with Crippen molar-refractivity contribution in [1.29, 1.82) is 0 Å². The van der Waals surface area contributed by atoms with Gasteiger partial charge in [-0.15, -0.1) is 0 Å². The van der Waals surface area contributed by atoms with Gasteiger partial charge in [0.25, 0.3) is 0 Å². The minimum Gasteiger partial charge on any atom is -0.395 e. The molecule has 0 spiro atoms. The molecule has 2 aromatic heterocycles. The minimum absolute atomic E-state index is 0.00837. The second kappa shape index (κ2) is 14.8. The maximum Gasteiger partial charge on any atom is 0.141 e. The molecular formula is C34H35Cl2N5O3. The topological polar surface area (TPSA) is 104 Å². The summed E-state index contributed by atoms with van der Waals surface area (Å²) in [6, 6.07) is 23.4. The van der Waals surface area contributed by atoms with E-state index in [0.29, 0.717) is 42.6 Å². The van der Waals surface area contributed by atoms with Crippen molar-refractivity contribution in [3.8, 4) is 11.4 Å². The Morgan fingerprint density at radius 1 is 0.909 bits per heavy atom. The first-order chi connectivity index (χ1) is 21.4.